The Balaban J connectivity index is 3.43. The molecule has 1 aliphatic carbocycles. The Kier molecular flexibility index (Phi) is 9.27. The Bertz CT molecular complexity index is 606. The van der Waals surface area contributed by atoms with E-state index in [2.05, 4.69) is 0 Å². The molecule has 0 N–H and O–H groups in total. The molecular weight excluding hydrogens is 368 g/mol. The predicted molar refractivity (Wildman–Crippen MR) is 101 cm³/mol. The first-order chi connectivity index (χ1) is 13.4. The van der Waals surface area contributed by atoms with Crippen molar-refractivity contribution in [2.24, 2.45) is 0 Å². The van der Waals surface area contributed by atoms with Crippen LogP contribution < -0.4 is 0 Å². The van der Waals surface area contributed by atoms with Crippen molar-refractivity contribution in [1.82, 2.24) is 0 Å². The lowest BCUT2D eigenvalue weighted by molar-refractivity contribution is -0.168. The Labute approximate surface area is 165 Å². The molecule has 0 atom stereocenters. The first kappa shape index (κ1) is 23.8. The van der Waals surface area contributed by atoms with Crippen molar-refractivity contribution in [3.05, 3.63) is 47.6 Å². The fourth-order valence-electron chi connectivity index (χ4n) is 2.68. The number of carbonyl (C=O) groups is 2. The molecule has 0 bridgehead atoms. The van der Waals surface area contributed by atoms with Gasteiger partial charge in [0.2, 0.25) is 11.6 Å². The Morgan fingerprint density at radius 2 is 1.07 bits per heavy atom. The van der Waals surface area contributed by atoms with Crippen LogP contribution in [0.2, 0.25) is 0 Å². The summed E-state index contributed by atoms with van der Waals surface area (Å²) < 4.78 is 32.1. The second kappa shape index (κ2) is 10.9. The van der Waals surface area contributed by atoms with Crippen molar-refractivity contribution in [3.8, 4) is 0 Å². The summed E-state index contributed by atoms with van der Waals surface area (Å²) in [5, 5.41) is 0. The van der Waals surface area contributed by atoms with Gasteiger partial charge in [-0.05, 0) is 38.2 Å². The molecule has 0 unspecified atom stereocenters. The standard InChI is InChI=1S/C20H28O8/c1-7-27-17(21)11-9-15-13-20(25-5,26-6)16(10-12-18(22)28-8-2)14-19(15,23-3)24-4/h9-14H,7-8H2,1-6H3/b11-9+,12-10+. The van der Waals surface area contributed by atoms with Crippen molar-refractivity contribution < 1.29 is 38.0 Å². The van der Waals surface area contributed by atoms with Crippen LogP contribution in [0.25, 0.3) is 0 Å². The van der Waals surface area contributed by atoms with Gasteiger partial charge in [0, 0.05) is 51.7 Å². The first-order valence-corrected chi connectivity index (χ1v) is 8.73. The highest BCUT2D eigenvalue weighted by atomic mass is 16.7. The maximum atomic E-state index is 11.7. The van der Waals surface area contributed by atoms with Gasteiger partial charge in [0.15, 0.2) is 0 Å². The Hall–Kier alpha value is -2.26. The molecule has 1 rings (SSSR count). The summed E-state index contributed by atoms with van der Waals surface area (Å²) >= 11 is 0. The van der Waals surface area contributed by atoms with Crippen LogP contribution in [-0.2, 0) is 38.0 Å². The van der Waals surface area contributed by atoms with Gasteiger partial charge >= 0.3 is 11.9 Å². The smallest absolute Gasteiger partial charge is 0.330 e. The zero-order valence-corrected chi connectivity index (χ0v) is 17.1. The summed E-state index contributed by atoms with van der Waals surface area (Å²) in [5.74, 6) is -3.70. The molecule has 0 aromatic heterocycles. The normalized spacial score (nSPS) is 18.1. The summed E-state index contributed by atoms with van der Waals surface area (Å²) in [6, 6.07) is 0. The van der Waals surface area contributed by atoms with Gasteiger partial charge in [0.1, 0.15) is 0 Å². The van der Waals surface area contributed by atoms with Gasteiger partial charge in [-0.1, -0.05) is 0 Å². The molecule has 0 aromatic carbocycles. The Morgan fingerprint density at radius 3 is 1.32 bits per heavy atom. The molecule has 8 nitrogen and oxygen atoms in total. The first-order valence-electron chi connectivity index (χ1n) is 8.73. The number of hydrogen-bond donors (Lipinski definition) is 0. The van der Waals surface area contributed by atoms with E-state index in [1.54, 1.807) is 26.0 Å². The molecule has 0 aromatic rings. The summed E-state index contributed by atoms with van der Waals surface area (Å²) in [6.45, 7) is 3.94. The SMILES string of the molecule is CCOC(=O)/C=C/C1=CC(OC)(OC)C(/C=C/C(=O)OCC)=CC1(OC)OC. The molecule has 8 heteroatoms. The summed E-state index contributed by atoms with van der Waals surface area (Å²) in [5.41, 5.74) is 0.894. The minimum Gasteiger partial charge on any atom is -0.463 e. The molecule has 0 radical (unpaired) electrons. The average molecular weight is 396 g/mol. The monoisotopic (exact) mass is 396 g/mol. The fourth-order valence-corrected chi connectivity index (χ4v) is 2.68. The van der Waals surface area contributed by atoms with Gasteiger partial charge in [0.25, 0.3) is 0 Å². The number of hydrogen-bond acceptors (Lipinski definition) is 8. The van der Waals surface area contributed by atoms with E-state index < -0.39 is 23.5 Å². The number of rotatable bonds is 10. The van der Waals surface area contributed by atoms with E-state index >= 15 is 0 Å². The number of methoxy groups -OCH3 is 4. The highest BCUT2D eigenvalue weighted by Crippen LogP contribution is 2.39. The molecule has 0 saturated carbocycles. The van der Waals surface area contributed by atoms with Gasteiger partial charge in [0.05, 0.1) is 13.2 Å². The minimum absolute atomic E-state index is 0.255. The Morgan fingerprint density at radius 1 is 0.750 bits per heavy atom. The number of esters is 2. The van der Waals surface area contributed by atoms with Crippen LogP contribution in [-0.4, -0.2) is 65.2 Å². The van der Waals surface area contributed by atoms with E-state index in [0.717, 1.165) is 0 Å². The van der Waals surface area contributed by atoms with Gasteiger partial charge in [-0.15, -0.1) is 0 Å². The second-order valence-electron chi connectivity index (χ2n) is 5.52. The van der Waals surface area contributed by atoms with Crippen LogP contribution in [0.1, 0.15) is 13.8 Å². The summed E-state index contributed by atoms with van der Waals surface area (Å²) in [4.78, 5) is 23.4. The van der Waals surface area contributed by atoms with E-state index in [0.29, 0.717) is 11.1 Å². The summed E-state index contributed by atoms with van der Waals surface area (Å²) in [7, 11) is 5.80. The molecule has 28 heavy (non-hydrogen) atoms. The van der Waals surface area contributed by atoms with Crippen LogP contribution in [0.15, 0.2) is 47.6 Å². The zero-order chi connectivity index (χ0) is 21.2. The molecule has 0 aliphatic heterocycles. The third-order valence-electron chi connectivity index (χ3n) is 4.08. The molecule has 1 aliphatic rings. The van der Waals surface area contributed by atoms with E-state index in [-0.39, 0.29) is 13.2 Å². The lowest BCUT2D eigenvalue weighted by atomic mass is 9.88. The molecule has 0 spiro atoms. The van der Waals surface area contributed by atoms with Crippen molar-refractivity contribution in [1.29, 1.82) is 0 Å². The maximum Gasteiger partial charge on any atom is 0.330 e. The predicted octanol–water partition coefficient (Wildman–Crippen LogP) is 2.07. The molecule has 0 amide bonds. The van der Waals surface area contributed by atoms with Crippen molar-refractivity contribution in [3.63, 3.8) is 0 Å². The number of ether oxygens (including phenoxy) is 6. The minimum atomic E-state index is -1.34. The van der Waals surface area contributed by atoms with Gasteiger partial charge in [-0.2, -0.15) is 0 Å². The topological polar surface area (TPSA) is 89.5 Å². The molecule has 0 heterocycles. The van der Waals surface area contributed by atoms with Crippen molar-refractivity contribution in [2.45, 2.75) is 25.4 Å². The van der Waals surface area contributed by atoms with Crippen LogP contribution in [0.5, 0.6) is 0 Å². The van der Waals surface area contributed by atoms with Crippen LogP contribution in [0.3, 0.4) is 0 Å². The fraction of sp³-hybridized carbons (Fsp3) is 0.500. The molecular formula is C20H28O8. The lowest BCUT2D eigenvalue weighted by Gasteiger charge is -2.40. The largest absolute Gasteiger partial charge is 0.463 e. The molecule has 0 fully saturated rings. The number of carbonyl (C=O) groups excluding carboxylic acids is 2. The van der Waals surface area contributed by atoms with Crippen LogP contribution in [0.4, 0.5) is 0 Å². The van der Waals surface area contributed by atoms with E-state index in [1.807, 2.05) is 0 Å². The average Bonchev–Trinajstić information content (AvgIpc) is 2.71. The van der Waals surface area contributed by atoms with Crippen LogP contribution in [0, 0.1) is 0 Å². The zero-order valence-electron chi connectivity index (χ0n) is 17.1. The van der Waals surface area contributed by atoms with Gasteiger partial charge in [-0.3, -0.25) is 0 Å². The van der Waals surface area contributed by atoms with E-state index in [1.165, 1.54) is 52.7 Å². The van der Waals surface area contributed by atoms with Crippen molar-refractivity contribution >= 4 is 11.9 Å². The third kappa shape index (κ3) is 5.39. The van der Waals surface area contributed by atoms with Gasteiger partial charge in [-0.25, -0.2) is 9.59 Å². The van der Waals surface area contributed by atoms with E-state index in [4.69, 9.17) is 28.4 Å². The lowest BCUT2D eigenvalue weighted by Crippen LogP contribution is -2.44. The molecule has 0 saturated heterocycles. The summed E-state index contributed by atoms with van der Waals surface area (Å²) in [6.07, 6.45) is 8.71. The quantitative estimate of drug-likeness (QED) is 0.315. The highest BCUT2D eigenvalue weighted by molar-refractivity contribution is 5.83. The second-order valence-corrected chi connectivity index (χ2v) is 5.52. The van der Waals surface area contributed by atoms with Gasteiger partial charge < -0.3 is 28.4 Å². The maximum absolute atomic E-state index is 11.7. The van der Waals surface area contributed by atoms with Crippen LogP contribution >= 0.6 is 0 Å². The molecule has 156 valence electrons. The highest BCUT2D eigenvalue weighted by Gasteiger charge is 2.44. The van der Waals surface area contributed by atoms with E-state index in [9.17, 15) is 9.59 Å². The van der Waals surface area contributed by atoms with Crippen molar-refractivity contribution in [2.75, 3.05) is 41.7 Å². The third-order valence-corrected chi connectivity index (χ3v) is 4.08.